The Labute approximate surface area is 175 Å². The van der Waals surface area contributed by atoms with E-state index in [2.05, 4.69) is 46.6 Å². The van der Waals surface area contributed by atoms with Crippen molar-refractivity contribution in [3.05, 3.63) is 45.6 Å². The Balaban J connectivity index is 1.78. The molecular formula is C21H27N5O2S. The first-order chi connectivity index (χ1) is 13.9. The van der Waals surface area contributed by atoms with Crippen LogP contribution in [0.5, 0.6) is 0 Å². The van der Waals surface area contributed by atoms with E-state index in [9.17, 15) is 4.79 Å². The molecule has 0 aliphatic rings. The second-order valence-corrected chi connectivity index (χ2v) is 7.94. The molecule has 0 radical (unpaired) electrons. The SMILES string of the molecule is CCOCCCNC(=O)c1sc(-c2nnn(-c3ccc(C)c(C)c3)c2C)nc1C. The number of nitrogens with zero attached hydrogens (tertiary/aromatic N) is 4. The van der Waals surface area contributed by atoms with Crippen LogP contribution in [0.3, 0.4) is 0 Å². The molecule has 0 atom stereocenters. The first-order valence-electron chi connectivity index (χ1n) is 9.76. The summed E-state index contributed by atoms with van der Waals surface area (Å²) in [6.07, 6.45) is 0.785. The van der Waals surface area contributed by atoms with Crippen LogP contribution in [0.15, 0.2) is 18.2 Å². The largest absolute Gasteiger partial charge is 0.382 e. The van der Waals surface area contributed by atoms with Crippen LogP contribution in [0.1, 0.15) is 45.5 Å². The van der Waals surface area contributed by atoms with E-state index < -0.39 is 0 Å². The standard InChI is InChI=1S/C21H27N5O2S/c1-6-28-11-7-10-22-20(27)19-15(4)23-21(29-19)18-16(5)26(25-24-18)17-9-8-13(2)14(3)12-17/h8-9,12H,6-7,10-11H2,1-5H3,(H,22,27). The van der Waals surface area contributed by atoms with Crippen molar-refractivity contribution in [1.29, 1.82) is 0 Å². The van der Waals surface area contributed by atoms with E-state index in [0.29, 0.717) is 41.0 Å². The van der Waals surface area contributed by atoms with Gasteiger partial charge in [0.15, 0.2) is 0 Å². The van der Waals surface area contributed by atoms with E-state index in [1.807, 2.05) is 31.5 Å². The van der Waals surface area contributed by atoms with Gasteiger partial charge < -0.3 is 10.1 Å². The molecule has 1 N–H and O–H groups in total. The summed E-state index contributed by atoms with van der Waals surface area (Å²) in [5, 5.41) is 12.3. The Kier molecular flexibility index (Phi) is 6.76. The molecule has 7 nitrogen and oxygen atoms in total. The minimum absolute atomic E-state index is 0.109. The molecule has 2 heterocycles. The van der Waals surface area contributed by atoms with Gasteiger partial charge in [-0.1, -0.05) is 11.3 Å². The lowest BCUT2D eigenvalue weighted by atomic mass is 10.1. The number of amides is 1. The number of carbonyl (C=O) groups excluding carboxylic acids is 1. The molecule has 0 aliphatic heterocycles. The fourth-order valence-corrected chi connectivity index (χ4v) is 3.96. The molecule has 3 aromatic rings. The first-order valence-corrected chi connectivity index (χ1v) is 10.6. The lowest BCUT2D eigenvalue weighted by Crippen LogP contribution is -2.25. The van der Waals surface area contributed by atoms with E-state index in [0.717, 1.165) is 17.8 Å². The molecule has 1 amide bonds. The van der Waals surface area contributed by atoms with Crippen molar-refractivity contribution in [3.63, 3.8) is 0 Å². The maximum Gasteiger partial charge on any atom is 0.263 e. The molecule has 0 bridgehead atoms. The molecule has 8 heteroatoms. The van der Waals surface area contributed by atoms with Crippen LogP contribution in [0.2, 0.25) is 0 Å². The number of hydrogen-bond acceptors (Lipinski definition) is 6. The number of aromatic nitrogens is 4. The van der Waals surface area contributed by atoms with Crippen LogP contribution in [0.25, 0.3) is 16.4 Å². The van der Waals surface area contributed by atoms with Crippen molar-refractivity contribution >= 4 is 17.2 Å². The van der Waals surface area contributed by atoms with Crippen molar-refractivity contribution in [2.45, 2.75) is 41.0 Å². The lowest BCUT2D eigenvalue weighted by Gasteiger charge is -2.06. The summed E-state index contributed by atoms with van der Waals surface area (Å²) in [5.41, 5.74) is 5.70. The summed E-state index contributed by atoms with van der Waals surface area (Å²) in [4.78, 5) is 17.7. The summed E-state index contributed by atoms with van der Waals surface area (Å²) in [5.74, 6) is -0.109. The summed E-state index contributed by atoms with van der Waals surface area (Å²) in [6, 6.07) is 6.20. The minimum Gasteiger partial charge on any atom is -0.382 e. The number of rotatable bonds is 8. The Hall–Kier alpha value is -2.58. The Morgan fingerprint density at radius 2 is 2.00 bits per heavy atom. The Morgan fingerprint density at radius 1 is 1.21 bits per heavy atom. The molecule has 0 unspecified atom stereocenters. The van der Waals surface area contributed by atoms with Gasteiger partial charge in [0.1, 0.15) is 15.6 Å². The van der Waals surface area contributed by atoms with Gasteiger partial charge in [0.05, 0.1) is 17.1 Å². The van der Waals surface area contributed by atoms with E-state index in [1.54, 1.807) is 0 Å². The molecule has 29 heavy (non-hydrogen) atoms. The Bertz CT molecular complexity index is 1010. The maximum absolute atomic E-state index is 12.5. The van der Waals surface area contributed by atoms with Gasteiger partial charge in [-0.3, -0.25) is 4.79 Å². The second-order valence-electron chi connectivity index (χ2n) is 6.94. The average Bonchev–Trinajstić information content (AvgIpc) is 3.26. The topological polar surface area (TPSA) is 81.9 Å². The lowest BCUT2D eigenvalue weighted by molar-refractivity contribution is 0.0947. The normalized spacial score (nSPS) is 11.1. The maximum atomic E-state index is 12.5. The number of nitrogens with one attached hydrogen (secondary N) is 1. The van der Waals surface area contributed by atoms with E-state index >= 15 is 0 Å². The number of aryl methyl sites for hydroxylation is 3. The van der Waals surface area contributed by atoms with E-state index in [1.165, 1.54) is 22.5 Å². The third-order valence-corrected chi connectivity index (χ3v) is 5.95. The number of benzene rings is 1. The van der Waals surface area contributed by atoms with Gasteiger partial charge in [-0.2, -0.15) is 0 Å². The second kappa shape index (κ2) is 9.28. The van der Waals surface area contributed by atoms with Crippen LogP contribution in [0.4, 0.5) is 0 Å². The van der Waals surface area contributed by atoms with E-state index in [-0.39, 0.29) is 5.91 Å². The highest BCUT2D eigenvalue weighted by atomic mass is 32.1. The van der Waals surface area contributed by atoms with Gasteiger partial charge in [-0.25, -0.2) is 9.67 Å². The predicted molar refractivity (Wildman–Crippen MR) is 115 cm³/mol. The summed E-state index contributed by atoms with van der Waals surface area (Å²) in [7, 11) is 0. The van der Waals surface area contributed by atoms with Crippen molar-refractivity contribution in [3.8, 4) is 16.4 Å². The number of hydrogen-bond donors (Lipinski definition) is 1. The molecule has 0 aliphatic carbocycles. The highest BCUT2D eigenvalue weighted by Crippen LogP contribution is 2.29. The van der Waals surface area contributed by atoms with Crippen molar-refractivity contribution in [1.82, 2.24) is 25.3 Å². The van der Waals surface area contributed by atoms with Gasteiger partial charge >= 0.3 is 0 Å². The molecule has 0 saturated carbocycles. The van der Waals surface area contributed by atoms with Gasteiger partial charge in [0.2, 0.25) is 0 Å². The molecular weight excluding hydrogens is 386 g/mol. The van der Waals surface area contributed by atoms with Crippen LogP contribution in [-0.4, -0.2) is 45.6 Å². The molecule has 154 valence electrons. The quantitative estimate of drug-likeness (QED) is 0.568. The van der Waals surface area contributed by atoms with E-state index in [4.69, 9.17) is 4.74 Å². The molecule has 0 spiro atoms. The molecule has 0 fully saturated rings. The van der Waals surface area contributed by atoms with Crippen molar-refractivity contribution in [2.24, 2.45) is 0 Å². The summed E-state index contributed by atoms with van der Waals surface area (Å²) >= 11 is 1.35. The smallest absolute Gasteiger partial charge is 0.263 e. The zero-order valence-electron chi connectivity index (χ0n) is 17.6. The van der Waals surface area contributed by atoms with Gasteiger partial charge in [0.25, 0.3) is 5.91 Å². The van der Waals surface area contributed by atoms with Gasteiger partial charge in [-0.15, -0.1) is 16.4 Å². The first kappa shape index (κ1) is 21.1. The van der Waals surface area contributed by atoms with Crippen LogP contribution < -0.4 is 5.32 Å². The minimum atomic E-state index is -0.109. The monoisotopic (exact) mass is 413 g/mol. The molecule has 2 aromatic heterocycles. The highest BCUT2D eigenvalue weighted by molar-refractivity contribution is 7.17. The fourth-order valence-electron chi connectivity index (χ4n) is 2.94. The van der Waals surface area contributed by atoms with Crippen LogP contribution in [-0.2, 0) is 4.74 Å². The zero-order valence-corrected chi connectivity index (χ0v) is 18.4. The zero-order chi connectivity index (χ0) is 21.0. The summed E-state index contributed by atoms with van der Waals surface area (Å²) in [6.45, 7) is 11.8. The predicted octanol–water partition coefficient (Wildman–Crippen LogP) is 3.78. The highest BCUT2D eigenvalue weighted by Gasteiger charge is 2.20. The number of ether oxygens (including phenoxy) is 1. The van der Waals surface area contributed by atoms with Gasteiger partial charge in [0, 0.05) is 19.8 Å². The average molecular weight is 414 g/mol. The number of carbonyl (C=O) groups is 1. The fraction of sp³-hybridized carbons (Fsp3) is 0.429. The van der Waals surface area contributed by atoms with Crippen molar-refractivity contribution in [2.75, 3.05) is 19.8 Å². The molecule has 3 rings (SSSR count). The summed E-state index contributed by atoms with van der Waals surface area (Å²) < 4.78 is 7.11. The molecule has 0 saturated heterocycles. The van der Waals surface area contributed by atoms with Crippen LogP contribution in [0, 0.1) is 27.7 Å². The third-order valence-electron chi connectivity index (χ3n) is 4.79. The molecule has 1 aromatic carbocycles. The Morgan fingerprint density at radius 3 is 2.72 bits per heavy atom. The van der Waals surface area contributed by atoms with Crippen molar-refractivity contribution < 1.29 is 9.53 Å². The third kappa shape index (κ3) is 4.71. The van der Waals surface area contributed by atoms with Crippen LogP contribution >= 0.6 is 11.3 Å². The number of thiazole rings is 1. The van der Waals surface area contributed by atoms with Gasteiger partial charge in [-0.05, 0) is 64.3 Å².